The summed E-state index contributed by atoms with van der Waals surface area (Å²) in [4.78, 5) is 30.5. The first-order valence-corrected chi connectivity index (χ1v) is 11.3. The largest absolute Gasteiger partial charge is 0.355 e. The lowest BCUT2D eigenvalue weighted by atomic mass is 9.78. The van der Waals surface area contributed by atoms with Crippen LogP contribution in [0.3, 0.4) is 0 Å². The van der Waals surface area contributed by atoms with Crippen LogP contribution >= 0.6 is 0 Å². The van der Waals surface area contributed by atoms with Gasteiger partial charge in [0.05, 0.1) is 12.6 Å². The quantitative estimate of drug-likeness (QED) is 0.703. The van der Waals surface area contributed by atoms with Crippen molar-refractivity contribution in [2.75, 3.05) is 13.7 Å². The molecule has 0 unspecified atom stereocenters. The van der Waals surface area contributed by atoms with Gasteiger partial charge >= 0.3 is 0 Å². The van der Waals surface area contributed by atoms with Crippen molar-refractivity contribution >= 4 is 11.8 Å². The highest BCUT2D eigenvalue weighted by Gasteiger charge is 2.37. The van der Waals surface area contributed by atoms with Gasteiger partial charge in [-0.05, 0) is 79.5 Å². The smallest absolute Gasteiger partial charge is 0.251 e. The summed E-state index contributed by atoms with van der Waals surface area (Å²) in [5, 5.41) is 3.80. The highest BCUT2D eigenvalue weighted by molar-refractivity contribution is 5.94. The van der Waals surface area contributed by atoms with E-state index in [1.165, 1.54) is 36.4 Å². The summed E-state index contributed by atoms with van der Waals surface area (Å²) in [7, 11) is 1.50. The third-order valence-electron chi connectivity index (χ3n) is 6.56. The summed E-state index contributed by atoms with van der Waals surface area (Å²) in [6, 6.07) is 7.16. The molecule has 0 spiro atoms. The van der Waals surface area contributed by atoms with Crippen molar-refractivity contribution < 1.29 is 27.6 Å². The van der Waals surface area contributed by atoms with E-state index in [0.29, 0.717) is 43.4 Å². The summed E-state index contributed by atoms with van der Waals surface area (Å²) in [6.45, 7) is 0.317. The Bertz CT molecular complexity index is 1020. The first-order valence-electron chi connectivity index (χ1n) is 11.3. The van der Waals surface area contributed by atoms with Crippen LogP contribution in [-0.2, 0) is 16.1 Å². The van der Waals surface area contributed by atoms with Gasteiger partial charge < -0.3 is 5.32 Å². The molecule has 4 rings (SSSR count). The molecule has 2 aromatic carbocycles. The minimum absolute atomic E-state index is 0.159. The van der Waals surface area contributed by atoms with E-state index in [0.717, 1.165) is 24.5 Å². The Labute approximate surface area is 190 Å². The molecule has 0 radical (unpaired) electrons. The van der Waals surface area contributed by atoms with Crippen LogP contribution in [0.4, 0.5) is 13.2 Å². The fraction of sp³-hybridized carbons (Fsp3) is 0.440. The number of carbonyl (C=O) groups excluding carboxylic acids is 2. The molecule has 0 aromatic heterocycles. The standard InChI is InChI=1S/C25H27F3N2O3/c1-29-24(31)19-9-16(10-20(26)13-19)8-15-2-4-17(5-3-15)25(32)30-23(6-7-33-30)18-11-21(27)14-22(28)12-18/h9-15,17,23H,2-8H2,1H3,(H,29,31)/t15?,17?,23-/m0/s1. The van der Waals surface area contributed by atoms with Gasteiger partial charge in [0.15, 0.2) is 0 Å². The highest BCUT2D eigenvalue weighted by Crippen LogP contribution is 2.37. The van der Waals surface area contributed by atoms with E-state index in [1.807, 2.05) is 0 Å². The second-order valence-corrected chi connectivity index (χ2v) is 8.85. The number of nitrogens with zero attached hydrogens (tertiary/aromatic N) is 1. The first-order chi connectivity index (χ1) is 15.8. The van der Waals surface area contributed by atoms with E-state index in [-0.39, 0.29) is 23.7 Å². The van der Waals surface area contributed by atoms with Crippen LogP contribution in [0.25, 0.3) is 0 Å². The van der Waals surface area contributed by atoms with Gasteiger partial charge in [-0.2, -0.15) is 0 Å². The van der Waals surface area contributed by atoms with E-state index in [9.17, 15) is 22.8 Å². The lowest BCUT2D eigenvalue weighted by Gasteiger charge is -2.32. The minimum atomic E-state index is -0.679. The van der Waals surface area contributed by atoms with Crippen molar-refractivity contribution in [1.82, 2.24) is 10.4 Å². The highest BCUT2D eigenvalue weighted by atomic mass is 19.1. The molecular weight excluding hydrogens is 433 g/mol. The van der Waals surface area contributed by atoms with Crippen molar-refractivity contribution in [3.05, 3.63) is 70.5 Å². The molecule has 1 aliphatic carbocycles. The summed E-state index contributed by atoms with van der Waals surface area (Å²) in [5.41, 5.74) is 1.45. The lowest BCUT2D eigenvalue weighted by molar-refractivity contribution is -0.183. The zero-order chi connectivity index (χ0) is 23.5. The zero-order valence-electron chi connectivity index (χ0n) is 18.5. The third kappa shape index (κ3) is 5.38. The molecule has 1 saturated carbocycles. The third-order valence-corrected chi connectivity index (χ3v) is 6.56. The van der Waals surface area contributed by atoms with Crippen LogP contribution in [0.5, 0.6) is 0 Å². The molecule has 8 heteroatoms. The number of carbonyl (C=O) groups is 2. The van der Waals surface area contributed by atoms with Crippen molar-refractivity contribution in [3.63, 3.8) is 0 Å². The minimum Gasteiger partial charge on any atom is -0.355 e. The molecule has 0 bridgehead atoms. The second kappa shape index (κ2) is 9.95. The number of hydroxylamine groups is 2. The van der Waals surface area contributed by atoms with Crippen molar-refractivity contribution in [1.29, 1.82) is 0 Å². The molecule has 2 amide bonds. The zero-order valence-corrected chi connectivity index (χ0v) is 18.5. The van der Waals surface area contributed by atoms with Gasteiger partial charge in [0.1, 0.15) is 17.5 Å². The molecule has 1 saturated heterocycles. The van der Waals surface area contributed by atoms with E-state index in [1.54, 1.807) is 6.07 Å². The Morgan fingerprint density at radius 2 is 1.61 bits per heavy atom. The van der Waals surface area contributed by atoms with Crippen LogP contribution < -0.4 is 5.32 Å². The average molecular weight is 460 g/mol. The number of benzene rings is 2. The van der Waals surface area contributed by atoms with E-state index >= 15 is 0 Å². The van der Waals surface area contributed by atoms with Gasteiger partial charge in [-0.15, -0.1) is 0 Å². The molecule has 33 heavy (non-hydrogen) atoms. The maximum atomic E-state index is 14.0. The number of hydrogen-bond acceptors (Lipinski definition) is 3. The molecule has 1 N–H and O–H groups in total. The van der Waals surface area contributed by atoms with Gasteiger partial charge in [-0.3, -0.25) is 14.4 Å². The molecule has 1 aliphatic heterocycles. The second-order valence-electron chi connectivity index (χ2n) is 8.85. The number of halogens is 3. The normalized spacial score (nSPS) is 22.9. The van der Waals surface area contributed by atoms with Gasteiger partial charge in [-0.25, -0.2) is 18.2 Å². The number of rotatable bonds is 5. The average Bonchev–Trinajstić information content (AvgIpc) is 3.27. The molecule has 5 nitrogen and oxygen atoms in total. The fourth-order valence-electron chi connectivity index (χ4n) is 4.93. The van der Waals surface area contributed by atoms with Gasteiger partial charge in [-0.1, -0.05) is 0 Å². The van der Waals surface area contributed by atoms with Crippen LogP contribution in [0.15, 0.2) is 36.4 Å². The van der Waals surface area contributed by atoms with E-state index in [2.05, 4.69) is 5.32 Å². The SMILES string of the molecule is CNC(=O)c1cc(F)cc(CC2CCC(C(=O)N3OCC[C@H]3c3cc(F)cc(F)c3)CC2)c1. The summed E-state index contributed by atoms with van der Waals surface area (Å²) < 4.78 is 41.3. The Balaban J connectivity index is 1.37. The summed E-state index contributed by atoms with van der Waals surface area (Å²) >= 11 is 0. The van der Waals surface area contributed by atoms with E-state index < -0.39 is 23.5 Å². The van der Waals surface area contributed by atoms with Crippen molar-refractivity contribution in [2.45, 2.75) is 44.6 Å². The Morgan fingerprint density at radius 3 is 2.27 bits per heavy atom. The molecule has 2 aliphatic rings. The van der Waals surface area contributed by atoms with Crippen LogP contribution in [0.2, 0.25) is 0 Å². The van der Waals surface area contributed by atoms with Crippen LogP contribution in [0.1, 0.15) is 59.6 Å². The molecule has 1 heterocycles. The predicted octanol–water partition coefficient (Wildman–Crippen LogP) is 4.72. The van der Waals surface area contributed by atoms with Crippen LogP contribution in [0, 0.1) is 29.3 Å². The van der Waals surface area contributed by atoms with Crippen LogP contribution in [-0.4, -0.2) is 30.5 Å². The van der Waals surface area contributed by atoms with Gasteiger partial charge in [0.25, 0.3) is 5.91 Å². The van der Waals surface area contributed by atoms with Crippen molar-refractivity contribution in [3.8, 4) is 0 Å². The summed E-state index contributed by atoms with van der Waals surface area (Å²) in [6.07, 6.45) is 4.01. The maximum absolute atomic E-state index is 14.0. The predicted molar refractivity (Wildman–Crippen MR) is 115 cm³/mol. The van der Waals surface area contributed by atoms with E-state index in [4.69, 9.17) is 4.84 Å². The Hall–Kier alpha value is -2.87. The van der Waals surface area contributed by atoms with Gasteiger partial charge in [0.2, 0.25) is 5.91 Å². The monoisotopic (exact) mass is 460 g/mol. The Morgan fingerprint density at radius 1 is 0.939 bits per heavy atom. The Kier molecular flexibility index (Phi) is 7.02. The molecule has 2 aromatic rings. The molecule has 176 valence electrons. The molecule has 1 atom stereocenters. The maximum Gasteiger partial charge on any atom is 0.251 e. The number of amides is 2. The topological polar surface area (TPSA) is 58.6 Å². The number of nitrogens with one attached hydrogen (secondary N) is 1. The fourth-order valence-corrected chi connectivity index (χ4v) is 4.93. The molecule has 2 fully saturated rings. The number of hydrogen-bond donors (Lipinski definition) is 1. The first kappa shape index (κ1) is 23.3. The van der Waals surface area contributed by atoms with Gasteiger partial charge in [0, 0.05) is 31.0 Å². The molecular formula is C25H27F3N2O3. The lowest BCUT2D eigenvalue weighted by Crippen LogP contribution is -2.36. The van der Waals surface area contributed by atoms with Crippen molar-refractivity contribution in [2.24, 2.45) is 11.8 Å². The summed E-state index contributed by atoms with van der Waals surface area (Å²) in [5.74, 6) is -2.24.